The number of carbonyl (C=O) groups is 1. The fourth-order valence-corrected chi connectivity index (χ4v) is 3.09. The molecule has 3 rings (SSSR count). The second-order valence-corrected chi connectivity index (χ2v) is 6.37. The molecule has 0 radical (unpaired) electrons. The fourth-order valence-electron chi connectivity index (χ4n) is 2.95. The molecule has 0 aromatic carbocycles. The van der Waals surface area contributed by atoms with Gasteiger partial charge in [0.15, 0.2) is 5.82 Å². The predicted octanol–water partition coefficient (Wildman–Crippen LogP) is 2.25. The van der Waals surface area contributed by atoms with Gasteiger partial charge in [-0.2, -0.15) is 10.1 Å². The number of aryl methyl sites for hydroxylation is 2. The van der Waals surface area contributed by atoms with E-state index in [-0.39, 0.29) is 18.4 Å². The van der Waals surface area contributed by atoms with Crippen LogP contribution in [0.3, 0.4) is 0 Å². The van der Waals surface area contributed by atoms with Crippen LogP contribution in [0.25, 0.3) is 0 Å². The standard InChI is InChI=1S/C15H20ClN5O2/c1-9-14(16)10(2)21(18-9)8-13(22)20-6-4-5-12(7-20)15-17-11(3)23-19-15/h12H,4-8H2,1-3H3. The van der Waals surface area contributed by atoms with Gasteiger partial charge >= 0.3 is 0 Å². The Morgan fingerprint density at radius 3 is 2.78 bits per heavy atom. The molecule has 1 fully saturated rings. The molecule has 8 heteroatoms. The van der Waals surface area contributed by atoms with Gasteiger partial charge in [-0.3, -0.25) is 9.48 Å². The summed E-state index contributed by atoms with van der Waals surface area (Å²) in [5.41, 5.74) is 1.57. The van der Waals surface area contributed by atoms with E-state index in [1.165, 1.54) is 0 Å². The molecule has 7 nitrogen and oxygen atoms in total. The second-order valence-electron chi connectivity index (χ2n) is 5.99. The van der Waals surface area contributed by atoms with Crippen molar-refractivity contribution in [3.8, 4) is 0 Å². The highest BCUT2D eigenvalue weighted by Gasteiger charge is 2.28. The van der Waals surface area contributed by atoms with Crippen LogP contribution in [0.4, 0.5) is 0 Å². The van der Waals surface area contributed by atoms with E-state index in [0.717, 1.165) is 30.8 Å². The number of hydrogen-bond donors (Lipinski definition) is 0. The molecule has 124 valence electrons. The summed E-state index contributed by atoms with van der Waals surface area (Å²) in [7, 11) is 0. The molecule has 0 N–H and O–H groups in total. The van der Waals surface area contributed by atoms with Gasteiger partial charge in [-0.25, -0.2) is 0 Å². The van der Waals surface area contributed by atoms with Crippen molar-refractivity contribution in [3.63, 3.8) is 0 Å². The van der Waals surface area contributed by atoms with E-state index in [1.807, 2.05) is 18.7 Å². The van der Waals surface area contributed by atoms with Gasteiger partial charge in [-0.15, -0.1) is 0 Å². The third-order valence-corrected chi connectivity index (χ3v) is 4.81. The lowest BCUT2D eigenvalue weighted by Gasteiger charge is -2.31. The van der Waals surface area contributed by atoms with Crippen molar-refractivity contribution in [3.05, 3.63) is 28.1 Å². The molecular weight excluding hydrogens is 318 g/mol. The predicted molar refractivity (Wildman–Crippen MR) is 84.3 cm³/mol. The van der Waals surface area contributed by atoms with Crippen LogP contribution in [0, 0.1) is 20.8 Å². The Bertz CT molecular complexity index is 724. The Labute approximate surface area is 139 Å². The van der Waals surface area contributed by atoms with Crippen LogP contribution in [0.5, 0.6) is 0 Å². The molecule has 0 saturated carbocycles. The van der Waals surface area contributed by atoms with Gasteiger partial charge in [0, 0.05) is 25.9 Å². The first kappa shape index (κ1) is 16.0. The number of piperidine rings is 1. The first-order valence-electron chi connectivity index (χ1n) is 7.73. The average molecular weight is 338 g/mol. The summed E-state index contributed by atoms with van der Waals surface area (Å²) in [5, 5.41) is 8.93. The number of hydrogen-bond acceptors (Lipinski definition) is 5. The van der Waals surface area contributed by atoms with Crippen molar-refractivity contribution in [1.29, 1.82) is 0 Å². The molecule has 2 aromatic rings. The summed E-state index contributed by atoms with van der Waals surface area (Å²) in [4.78, 5) is 18.7. The maximum absolute atomic E-state index is 12.6. The van der Waals surface area contributed by atoms with Crippen molar-refractivity contribution < 1.29 is 9.32 Å². The van der Waals surface area contributed by atoms with Gasteiger partial charge in [0.2, 0.25) is 11.8 Å². The van der Waals surface area contributed by atoms with E-state index in [0.29, 0.717) is 23.3 Å². The highest BCUT2D eigenvalue weighted by atomic mass is 35.5. The third-order valence-electron chi connectivity index (χ3n) is 4.26. The number of halogens is 1. The van der Waals surface area contributed by atoms with Crippen LogP contribution in [0.2, 0.25) is 5.02 Å². The highest BCUT2D eigenvalue weighted by Crippen LogP contribution is 2.25. The van der Waals surface area contributed by atoms with Gasteiger partial charge in [0.25, 0.3) is 0 Å². The van der Waals surface area contributed by atoms with Crippen LogP contribution in [0.15, 0.2) is 4.52 Å². The Balaban J connectivity index is 1.68. The second kappa shape index (κ2) is 6.31. The largest absolute Gasteiger partial charge is 0.340 e. The summed E-state index contributed by atoms with van der Waals surface area (Å²) in [6, 6.07) is 0. The highest BCUT2D eigenvalue weighted by molar-refractivity contribution is 6.31. The zero-order valence-corrected chi connectivity index (χ0v) is 14.3. The lowest BCUT2D eigenvalue weighted by atomic mass is 9.97. The zero-order chi connectivity index (χ0) is 16.6. The Hall–Kier alpha value is -1.89. The molecule has 0 spiro atoms. The smallest absolute Gasteiger partial charge is 0.244 e. The van der Waals surface area contributed by atoms with Crippen LogP contribution >= 0.6 is 11.6 Å². The van der Waals surface area contributed by atoms with E-state index in [9.17, 15) is 4.79 Å². The molecular formula is C15H20ClN5O2. The van der Waals surface area contributed by atoms with Crippen molar-refractivity contribution in [2.75, 3.05) is 13.1 Å². The summed E-state index contributed by atoms with van der Waals surface area (Å²) < 4.78 is 6.72. The van der Waals surface area contributed by atoms with Crippen molar-refractivity contribution >= 4 is 17.5 Å². The van der Waals surface area contributed by atoms with Crippen molar-refractivity contribution in [2.45, 2.75) is 46.1 Å². The summed E-state index contributed by atoms with van der Waals surface area (Å²) >= 11 is 6.14. The van der Waals surface area contributed by atoms with Gasteiger partial charge in [0.05, 0.1) is 16.4 Å². The van der Waals surface area contributed by atoms with Gasteiger partial charge in [-0.1, -0.05) is 16.8 Å². The lowest BCUT2D eigenvalue weighted by Crippen LogP contribution is -2.41. The molecule has 1 unspecified atom stereocenters. The minimum Gasteiger partial charge on any atom is -0.340 e. The maximum atomic E-state index is 12.6. The lowest BCUT2D eigenvalue weighted by molar-refractivity contribution is -0.133. The molecule has 1 aliphatic rings. The van der Waals surface area contributed by atoms with Crippen molar-refractivity contribution in [1.82, 2.24) is 24.8 Å². The van der Waals surface area contributed by atoms with Crippen molar-refractivity contribution in [2.24, 2.45) is 0 Å². The number of amides is 1. The molecule has 3 heterocycles. The van der Waals surface area contributed by atoms with E-state index in [1.54, 1.807) is 11.6 Å². The number of rotatable bonds is 3. The monoisotopic (exact) mass is 337 g/mol. The zero-order valence-electron chi connectivity index (χ0n) is 13.5. The number of likely N-dealkylation sites (tertiary alicyclic amines) is 1. The van der Waals surface area contributed by atoms with Gasteiger partial charge < -0.3 is 9.42 Å². The molecule has 23 heavy (non-hydrogen) atoms. The normalized spacial score (nSPS) is 18.4. The first-order chi connectivity index (χ1) is 11.0. The molecule has 0 aliphatic carbocycles. The fraction of sp³-hybridized carbons (Fsp3) is 0.600. The van der Waals surface area contributed by atoms with Crippen LogP contribution in [0.1, 0.15) is 41.9 Å². The quantitative estimate of drug-likeness (QED) is 0.858. The van der Waals surface area contributed by atoms with E-state index in [2.05, 4.69) is 15.2 Å². The number of aromatic nitrogens is 4. The van der Waals surface area contributed by atoms with Crippen LogP contribution in [-0.4, -0.2) is 43.8 Å². The Morgan fingerprint density at radius 2 is 2.17 bits per heavy atom. The Kier molecular flexibility index (Phi) is 4.39. The molecule has 0 bridgehead atoms. The molecule has 1 aliphatic heterocycles. The topological polar surface area (TPSA) is 77.1 Å². The van der Waals surface area contributed by atoms with Gasteiger partial charge in [-0.05, 0) is 26.7 Å². The van der Waals surface area contributed by atoms with E-state index < -0.39 is 0 Å². The summed E-state index contributed by atoms with van der Waals surface area (Å²) in [5.74, 6) is 1.42. The molecule has 2 aromatic heterocycles. The van der Waals surface area contributed by atoms with Crippen LogP contribution < -0.4 is 0 Å². The van der Waals surface area contributed by atoms with E-state index >= 15 is 0 Å². The SMILES string of the molecule is Cc1nc(C2CCCN(C(=O)Cn3nc(C)c(Cl)c3C)C2)no1. The summed E-state index contributed by atoms with van der Waals surface area (Å²) in [6.45, 7) is 7.05. The first-order valence-corrected chi connectivity index (χ1v) is 8.11. The number of nitrogens with zero attached hydrogens (tertiary/aromatic N) is 5. The molecule has 1 amide bonds. The number of carbonyl (C=O) groups excluding carboxylic acids is 1. The minimum absolute atomic E-state index is 0.0391. The van der Waals surface area contributed by atoms with Crippen LogP contribution in [-0.2, 0) is 11.3 Å². The minimum atomic E-state index is 0.0391. The third kappa shape index (κ3) is 3.24. The molecule has 1 atom stereocenters. The summed E-state index contributed by atoms with van der Waals surface area (Å²) in [6.07, 6.45) is 1.90. The van der Waals surface area contributed by atoms with Gasteiger partial charge in [0.1, 0.15) is 6.54 Å². The Morgan fingerprint density at radius 1 is 1.39 bits per heavy atom. The molecule has 1 saturated heterocycles. The van der Waals surface area contributed by atoms with E-state index in [4.69, 9.17) is 16.1 Å². The average Bonchev–Trinajstić information content (AvgIpc) is 3.07. The maximum Gasteiger partial charge on any atom is 0.244 e.